The summed E-state index contributed by atoms with van der Waals surface area (Å²) in [6.45, 7) is 2.58. The Morgan fingerprint density at radius 3 is 2.61 bits per heavy atom. The highest BCUT2D eigenvalue weighted by Crippen LogP contribution is 2.21. The molecule has 144 valence electrons. The fraction of sp³-hybridized carbons (Fsp3) is 0.190. The molecule has 28 heavy (non-hydrogen) atoms. The number of carbonyl (C=O) groups excluding carboxylic acids is 1. The molecule has 0 atom stereocenters. The Kier molecular flexibility index (Phi) is 6.45. The van der Waals surface area contributed by atoms with Crippen LogP contribution in [0, 0.1) is 6.92 Å². The number of hydrogen-bond donors (Lipinski definition) is 2. The number of halogens is 1. The Bertz CT molecular complexity index is 961. The van der Waals surface area contributed by atoms with Gasteiger partial charge in [-0.25, -0.2) is 9.78 Å². The molecule has 0 radical (unpaired) electrons. The van der Waals surface area contributed by atoms with Crippen LogP contribution in [0.4, 0.5) is 17.5 Å². The normalized spacial score (nSPS) is 10.4. The van der Waals surface area contributed by atoms with E-state index in [4.69, 9.17) is 16.3 Å². The quantitative estimate of drug-likeness (QED) is 0.567. The van der Waals surface area contributed by atoms with Crippen LogP contribution in [0.2, 0.25) is 5.02 Å². The summed E-state index contributed by atoms with van der Waals surface area (Å²) in [4.78, 5) is 20.9. The van der Waals surface area contributed by atoms with Crippen LogP contribution in [-0.4, -0.2) is 29.6 Å². The minimum Gasteiger partial charge on any atom is -0.465 e. The van der Waals surface area contributed by atoms with Gasteiger partial charge >= 0.3 is 5.97 Å². The number of hydrogen-bond acceptors (Lipinski definition) is 6. The number of aryl methyl sites for hydroxylation is 1. The molecule has 0 fully saturated rings. The number of aromatic nitrogens is 2. The Morgan fingerprint density at radius 2 is 1.86 bits per heavy atom. The molecule has 0 saturated heterocycles. The lowest BCUT2D eigenvalue weighted by molar-refractivity contribution is 0.0602. The average Bonchev–Trinajstić information content (AvgIpc) is 2.69. The van der Waals surface area contributed by atoms with Crippen molar-refractivity contribution in [1.82, 2.24) is 9.97 Å². The van der Waals surface area contributed by atoms with Gasteiger partial charge in [0.1, 0.15) is 5.82 Å². The average molecular weight is 397 g/mol. The summed E-state index contributed by atoms with van der Waals surface area (Å²) in [5.41, 5.74) is 3.05. The zero-order valence-electron chi connectivity index (χ0n) is 15.7. The first-order chi connectivity index (χ1) is 13.5. The SMILES string of the molecule is COC(=O)c1ccccc1Nc1cc(C)nc(NCCc2ccc(Cl)cc2)n1. The van der Waals surface area contributed by atoms with Gasteiger partial charge in [0.2, 0.25) is 5.95 Å². The largest absolute Gasteiger partial charge is 0.465 e. The Balaban J connectivity index is 1.70. The molecule has 0 saturated carbocycles. The molecule has 0 aliphatic heterocycles. The summed E-state index contributed by atoms with van der Waals surface area (Å²) in [5, 5.41) is 7.14. The molecular formula is C21H21ClN4O2. The van der Waals surface area contributed by atoms with Crippen LogP contribution < -0.4 is 10.6 Å². The minimum atomic E-state index is -0.407. The highest BCUT2D eigenvalue weighted by atomic mass is 35.5. The van der Waals surface area contributed by atoms with Crippen LogP contribution >= 0.6 is 11.6 Å². The third-order valence-electron chi connectivity index (χ3n) is 4.06. The first kappa shape index (κ1) is 19.6. The number of nitrogens with zero attached hydrogens (tertiary/aromatic N) is 2. The number of methoxy groups -OCH3 is 1. The number of esters is 1. The van der Waals surface area contributed by atoms with Crippen molar-refractivity contribution < 1.29 is 9.53 Å². The number of carbonyl (C=O) groups is 1. The lowest BCUT2D eigenvalue weighted by atomic mass is 10.1. The van der Waals surface area contributed by atoms with E-state index in [1.165, 1.54) is 12.7 Å². The van der Waals surface area contributed by atoms with E-state index in [0.717, 1.165) is 17.1 Å². The van der Waals surface area contributed by atoms with Crippen molar-refractivity contribution in [3.8, 4) is 0 Å². The number of anilines is 3. The van der Waals surface area contributed by atoms with E-state index in [2.05, 4.69) is 20.6 Å². The third kappa shape index (κ3) is 5.20. The Labute approximate surface area is 168 Å². The van der Waals surface area contributed by atoms with Crippen molar-refractivity contribution >= 4 is 35.0 Å². The third-order valence-corrected chi connectivity index (χ3v) is 4.31. The fourth-order valence-electron chi connectivity index (χ4n) is 2.70. The molecule has 2 N–H and O–H groups in total. The summed E-state index contributed by atoms with van der Waals surface area (Å²) in [5.74, 6) is 0.708. The van der Waals surface area contributed by atoms with Crippen LogP contribution in [0.25, 0.3) is 0 Å². The molecule has 6 nitrogen and oxygen atoms in total. The monoisotopic (exact) mass is 396 g/mol. The summed E-state index contributed by atoms with van der Waals surface area (Å²) in [7, 11) is 1.36. The molecule has 0 aliphatic carbocycles. The Morgan fingerprint density at radius 1 is 1.11 bits per heavy atom. The van der Waals surface area contributed by atoms with Crippen molar-refractivity contribution in [2.24, 2.45) is 0 Å². The van der Waals surface area contributed by atoms with Crippen LogP contribution in [0.5, 0.6) is 0 Å². The van der Waals surface area contributed by atoms with Crippen molar-refractivity contribution in [3.63, 3.8) is 0 Å². The molecule has 7 heteroatoms. The highest BCUT2D eigenvalue weighted by Gasteiger charge is 2.12. The lowest BCUT2D eigenvalue weighted by Gasteiger charge is -2.12. The van der Waals surface area contributed by atoms with E-state index in [0.29, 0.717) is 29.6 Å². The van der Waals surface area contributed by atoms with E-state index >= 15 is 0 Å². The number of nitrogens with one attached hydrogen (secondary N) is 2. The number of rotatable bonds is 7. The standard InChI is InChI=1S/C21H21ClN4O2/c1-14-13-19(25-18-6-4-3-5-17(18)20(27)28-2)26-21(24-14)23-12-11-15-7-9-16(22)10-8-15/h3-10,13H,11-12H2,1-2H3,(H2,23,24,25,26). The maximum Gasteiger partial charge on any atom is 0.339 e. The molecule has 2 aromatic carbocycles. The van der Waals surface area contributed by atoms with Gasteiger partial charge < -0.3 is 15.4 Å². The first-order valence-electron chi connectivity index (χ1n) is 8.83. The summed E-state index contributed by atoms with van der Waals surface area (Å²) >= 11 is 5.91. The second-order valence-corrected chi connectivity index (χ2v) is 6.62. The van der Waals surface area contributed by atoms with Gasteiger partial charge in [-0.15, -0.1) is 0 Å². The molecule has 1 aromatic heterocycles. The van der Waals surface area contributed by atoms with Gasteiger partial charge in [0, 0.05) is 23.3 Å². The molecular weight excluding hydrogens is 376 g/mol. The van der Waals surface area contributed by atoms with E-state index < -0.39 is 5.97 Å². The van der Waals surface area contributed by atoms with Gasteiger partial charge in [-0.05, 0) is 43.2 Å². The summed E-state index contributed by atoms with van der Waals surface area (Å²) in [6, 6.07) is 16.7. The summed E-state index contributed by atoms with van der Waals surface area (Å²) < 4.78 is 4.83. The van der Waals surface area contributed by atoms with Crippen LogP contribution in [-0.2, 0) is 11.2 Å². The molecule has 0 amide bonds. The molecule has 0 unspecified atom stereocenters. The molecule has 3 aromatic rings. The van der Waals surface area contributed by atoms with Gasteiger partial charge in [-0.1, -0.05) is 35.9 Å². The fourth-order valence-corrected chi connectivity index (χ4v) is 2.83. The molecule has 0 bridgehead atoms. The second kappa shape index (κ2) is 9.19. The van der Waals surface area contributed by atoms with Gasteiger partial charge in [-0.3, -0.25) is 0 Å². The van der Waals surface area contributed by atoms with Crippen LogP contribution in [0.15, 0.2) is 54.6 Å². The first-order valence-corrected chi connectivity index (χ1v) is 9.21. The van der Waals surface area contributed by atoms with Crippen molar-refractivity contribution in [2.45, 2.75) is 13.3 Å². The topological polar surface area (TPSA) is 76.1 Å². The van der Waals surface area contributed by atoms with Crippen molar-refractivity contribution in [1.29, 1.82) is 0 Å². The minimum absolute atomic E-state index is 0.407. The number of ether oxygens (including phenoxy) is 1. The maximum absolute atomic E-state index is 11.9. The lowest BCUT2D eigenvalue weighted by Crippen LogP contribution is -2.10. The summed E-state index contributed by atoms with van der Waals surface area (Å²) in [6.07, 6.45) is 0.822. The van der Waals surface area contributed by atoms with Crippen molar-refractivity contribution in [3.05, 3.63) is 76.4 Å². The van der Waals surface area contributed by atoms with Gasteiger partial charge in [0.25, 0.3) is 0 Å². The maximum atomic E-state index is 11.9. The second-order valence-electron chi connectivity index (χ2n) is 6.18. The van der Waals surface area contributed by atoms with E-state index in [1.807, 2.05) is 43.3 Å². The van der Waals surface area contributed by atoms with Gasteiger partial charge in [0.05, 0.1) is 18.4 Å². The zero-order valence-corrected chi connectivity index (χ0v) is 16.5. The number of para-hydroxylation sites is 1. The van der Waals surface area contributed by atoms with Crippen LogP contribution in [0.3, 0.4) is 0 Å². The van der Waals surface area contributed by atoms with E-state index in [1.54, 1.807) is 18.2 Å². The van der Waals surface area contributed by atoms with E-state index in [-0.39, 0.29) is 0 Å². The van der Waals surface area contributed by atoms with Crippen molar-refractivity contribution in [2.75, 3.05) is 24.3 Å². The molecule has 3 rings (SSSR count). The predicted octanol–water partition coefficient (Wildman–Crippen LogP) is 4.62. The molecule has 0 aliphatic rings. The van der Waals surface area contributed by atoms with Gasteiger partial charge in [-0.2, -0.15) is 4.98 Å². The molecule has 0 spiro atoms. The van der Waals surface area contributed by atoms with Crippen LogP contribution in [0.1, 0.15) is 21.6 Å². The zero-order chi connectivity index (χ0) is 19.9. The van der Waals surface area contributed by atoms with Gasteiger partial charge in [0.15, 0.2) is 0 Å². The highest BCUT2D eigenvalue weighted by molar-refractivity contribution is 6.30. The smallest absolute Gasteiger partial charge is 0.339 e. The molecule has 1 heterocycles. The van der Waals surface area contributed by atoms with E-state index in [9.17, 15) is 4.79 Å². The Hall–Kier alpha value is -3.12. The predicted molar refractivity (Wildman–Crippen MR) is 111 cm³/mol. The number of benzene rings is 2.